The van der Waals surface area contributed by atoms with E-state index < -0.39 is 12.0 Å². The standard InChI is InChI=1S/C11H15NO2.ClH/c1-7-3-8(2)5-9(4-7)6-10(12)11(13)14;/h3-5,10H,6,12H2,1-2H3,(H,13,14);1H/t10-;/m0./s1. The molecule has 1 aromatic rings. The molecule has 0 heterocycles. The quantitative estimate of drug-likeness (QED) is 0.829. The van der Waals surface area contributed by atoms with Crippen LogP contribution in [0.5, 0.6) is 0 Å². The van der Waals surface area contributed by atoms with Crippen LogP contribution >= 0.6 is 12.4 Å². The molecule has 0 unspecified atom stereocenters. The molecule has 3 N–H and O–H groups in total. The van der Waals surface area contributed by atoms with Crippen LogP contribution in [0, 0.1) is 13.8 Å². The zero-order chi connectivity index (χ0) is 10.7. The summed E-state index contributed by atoms with van der Waals surface area (Å²) >= 11 is 0. The van der Waals surface area contributed by atoms with Crippen LogP contribution in [0.15, 0.2) is 18.2 Å². The second-order valence-electron chi connectivity index (χ2n) is 3.64. The average Bonchev–Trinajstić information content (AvgIpc) is 2.01. The number of aryl methyl sites for hydroxylation is 2. The minimum absolute atomic E-state index is 0. The Hall–Kier alpha value is -1.06. The van der Waals surface area contributed by atoms with Gasteiger partial charge in [-0.25, -0.2) is 0 Å². The minimum atomic E-state index is -0.954. The zero-order valence-corrected chi connectivity index (χ0v) is 9.67. The van der Waals surface area contributed by atoms with Crippen molar-refractivity contribution in [3.63, 3.8) is 0 Å². The summed E-state index contributed by atoms with van der Waals surface area (Å²) in [6.07, 6.45) is 0.387. The van der Waals surface area contributed by atoms with Crippen LogP contribution in [-0.4, -0.2) is 17.1 Å². The summed E-state index contributed by atoms with van der Waals surface area (Å²) in [5.41, 5.74) is 8.71. The van der Waals surface area contributed by atoms with Crippen LogP contribution in [0.25, 0.3) is 0 Å². The van der Waals surface area contributed by atoms with Gasteiger partial charge in [0.2, 0.25) is 0 Å². The van der Waals surface area contributed by atoms with E-state index >= 15 is 0 Å². The number of benzene rings is 1. The topological polar surface area (TPSA) is 63.3 Å². The Labute approximate surface area is 95.7 Å². The van der Waals surface area contributed by atoms with Crippen molar-refractivity contribution in [2.45, 2.75) is 26.3 Å². The van der Waals surface area contributed by atoms with Gasteiger partial charge in [-0.1, -0.05) is 29.3 Å². The van der Waals surface area contributed by atoms with E-state index in [1.54, 1.807) is 0 Å². The highest BCUT2D eigenvalue weighted by molar-refractivity contribution is 5.85. The van der Waals surface area contributed by atoms with Gasteiger partial charge in [-0.3, -0.25) is 4.79 Å². The van der Waals surface area contributed by atoms with Crippen molar-refractivity contribution >= 4 is 18.4 Å². The van der Waals surface area contributed by atoms with Gasteiger partial charge in [0, 0.05) is 0 Å². The van der Waals surface area contributed by atoms with Gasteiger partial charge in [0.1, 0.15) is 6.04 Å². The summed E-state index contributed by atoms with van der Waals surface area (Å²) in [6.45, 7) is 3.98. The fraction of sp³-hybridized carbons (Fsp3) is 0.364. The van der Waals surface area contributed by atoms with Crippen molar-refractivity contribution in [2.24, 2.45) is 5.73 Å². The molecule has 0 aromatic heterocycles. The Morgan fingerprint density at radius 1 is 1.33 bits per heavy atom. The van der Waals surface area contributed by atoms with Crippen LogP contribution in [0.4, 0.5) is 0 Å². The molecule has 0 saturated carbocycles. The summed E-state index contributed by atoms with van der Waals surface area (Å²) in [7, 11) is 0. The lowest BCUT2D eigenvalue weighted by Gasteiger charge is -2.08. The van der Waals surface area contributed by atoms with Gasteiger partial charge in [0.05, 0.1) is 0 Å². The molecule has 1 atom stereocenters. The molecule has 3 nitrogen and oxygen atoms in total. The molecule has 0 spiro atoms. The number of carboxylic acid groups (broad SMARTS) is 1. The Morgan fingerprint density at radius 2 is 1.80 bits per heavy atom. The van der Waals surface area contributed by atoms with Gasteiger partial charge < -0.3 is 10.8 Å². The van der Waals surface area contributed by atoms with Gasteiger partial charge in [0.15, 0.2) is 0 Å². The Balaban J connectivity index is 0.00000196. The number of halogens is 1. The lowest BCUT2D eigenvalue weighted by molar-refractivity contribution is -0.138. The highest BCUT2D eigenvalue weighted by Gasteiger charge is 2.11. The molecule has 0 bridgehead atoms. The number of carbonyl (C=O) groups is 1. The van der Waals surface area contributed by atoms with Crippen LogP contribution < -0.4 is 5.73 Å². The lowest BCUT2D eigenvalue weighted by atomic mass is 10.0. The number of carboxylic acids is 1. The van der Waals surface area contributed by atoms with Crippen molar-refractivity contribution in [2.75, 3.05) is 0 Å². The molecule has 84 valence electrons. The van der Waals surface area contributed by atoms with Crippen LogP contribution in [0.3, 0.4) is 0 Å². The number of hydrogen-bond donors (Lipinski definition) is 2. The molecule has 0 aliphatic heterocycles. The first-order valence-electron chi connectivity index (χ1n) is 4.54. The first kappa shape index (κ1) is 13.9. The smallest absolute Gasteiger partial charge is 0.320 e. The minimum Gasteiger partial charge on any atom is -0.480 e. The number of aliphatic carboxylic acids is 1. The maximum absolute atomic E-state index is 10.5. The molecule has 0 radical (unpaired) electrons. The maximum Gasteiger partial charge on any atom is 0.320 e. The molecule has 1 rings (SSSR count). The van der Waals surface area contributed by atoms with E-state index in [0.29, 0.717) is 6.42 Å². The first-order valence-corrected chi connectivity index (χ1v) is 4.54. The van der Waals surface area contributed by atoms with Gasteiger partial charge in [0.25, 0.3) is 0 Å². The number of hydrogen-bond acceptors (Lipinski definition) is 2. The number of nitrogens with two attached hydrogens (primary N) is 1. The van der Waals surface area contributed by atoms with Crippen LogP contribution in [-0.2, 0) is 11.2 Å². The van der Waals surface area contributed by atoms with Gasteiger partial charge in [-0.15, -0.1) is 12.4 Å². The van der Waals surface area contributed by atoms with E-state index in [1.165, 1.54) is 0 Å². The molecule has 0 saturated heterocycles. The Morgan fingerprint density at radius 3 is 2.20 bits per heavy atom. The van der Waals surface area contributed by atoms with E-state index in [2.05, 4.69) is 6.07 Å². The normalized spacial score (nSPS) is 11.7. The molecule has 15 heavy (non-hydrogen) atoms. The molecule has 0 aliphatic rings. The fourth-order valence-corrected chi connectivity index (χ4v) is 1.53. The third-order valence-corrected chi connectivity index (χ3v) is 2.05. The Kier molecular flexibility index (Phi) is 5.33. The second kappa shape index (κ2) is 5.73. The van der Waals surface area contributed by atoms with E-state index in [-0.39, 0.29) is 12.4 Å². The third kappa shape index (κ3) is 4.32. The predicted molar refractivity (Wildman–Crippen MR) is 62.5 cm³/mol. The van der Waals surface area contributed by atoms with Crippen molar-refractivity contribution in [1.82, 2.24) is 0 Å². The van der Waals surface area contributed by atoms with E-state index in [0.717, 1.165) is 16.7 Å². The van der Waals surface area contributed by atoms with Crippen molar-refractivity contribution in [1.29, 1.82) is 0 Å². The fourth-order valence-electron chi connectivity index (χ4n) is 1.53. The van der Waals surface area contributed by atoms with Gasteiger partial charge in [-0.2, -0.15) is 0 Å². The van der Waals surface area contributed by atoms with Crippen molar-refractivity contribution in [3.05, 3.63) is 34.9 Å². The van der Waals surface area contributed by atoms with E-state index in [4.69, 9.17) is 10.8 Å². The predicted octanol–water partition coefficient (Wildman–Crippen LogP) is 1.68. The molecule has 0 fully saturated rings. The Bertz CT molecular complexity index is 332. The van der Waals surface area contributed by atoms with Gasteiger partial charge in [-0.05, 0) is 25.8 Å². The molecular weight excluding hydrogens is 214 g/mol. The summed E-state index contributed by atoms with van der Waals surface area (Å²) in [4.78, 5) is 10.5. The maximum atomic E-state index is 10.5. The van der Waals surface area contributed by atoms with Crippen molar-refractivity contribution < 1.29 is 9.90 Å². The first-order chi connectivity index (χ1) is 6.49. The van der Waals surface area contributed by atoms with E-state index in [1.807, 2.05) is 26.0 Å². The summed E-state index contributed by atoms with van der Waals surface area (Å²) in [5.74, 6) is -0.954. The summed E-state index contributed by atoms with van der Waals surface area (Å²) in [5, 5.41) is 8.66. The number of rotatable bonds is 3. The summed E-state index contributed by atoms with van der Waals surface area (Å²) < 4.78 is 0. The van der Waals surface area contributed by atoms with Gasteiger partial charge >= 0.3 is 5.97 Å². The van der Waals surface area contributed by atoms with Crippen LogP contribution in [0.2, 0.25) is 0 Å². The summed E-state index contributed by atoms with van der Waals surface area (Å²) in [6, 6.07) is 5.18. The largest absolute Gasteiger partial charge is 0.480 e. The average molecular weight is 230 g/mol. The zero-order valence-electron chi connectivity index (χ0n) is 8.86. The second-order valence-corrected chi connectivity index (χ2v) is 3.64. The molecular formula is C11H16ClNO2. The molecule has 0 amide bonds. The van der Waals surface area contributed by atoms with E-state index in [9.17, 15) is 4.79 Å². The SMILES string of the molecule is Cc1cc(C)cc(C[C@H](N)C(=O)O)c1.Cl. The highest BCUT2D eigenvalue weighted by atomic mass is 35.5. The molecule has 4 heteroatoms. The van der Waals surface area contributed by atoms with Crippen LogP contribution in [0.1, 0.15) is 16.7 Å². The highest BCUT2D eigenvalue weighted by Crippen LogP contribution is 2.10. The molecule has 1 aromatic carbocycles. The van der Waals surface area contributed by atoms with Crippen molar-refractivity contribution in [3.8, 4) is 0 Å². The molecule has 0 aliphatic carbocycles. The lowest BCUT2D eigenvalue weighted by Crippen LogP contribution is -2.32. The third-order valence-electron chi connectivity index (χ3n) is 2.05. The monoisotopic (exact) mass is 229 g/mol.